The van der Waals surface area contributed by atoms with Crippen molar-refractivity contribution < 1.29 is 9.53 Å². The zero-order valence-electron chi connectivity index (χ0n) is 10.9. The Morgan fingerprint density at radius 1 is 1.53 bits per heavy atom. The SMILES string of the molecule is COC(=O)c1cc(C(C)(C)C2(N)CC2)cn1C. The lowest BCUT2D eigenvalue weighted by atomic mass is 9.77. The summed E-state index contributed by atoms with van der Waals surface area (Å²) in [4.78, 5) is 11.6. The summed E-state index contributed by atoms with van der Waals surface area (Å²) in [6.07, 6.45) is 4.06. The molecule has 1 heterocycles. The minimum Gasteiger partial charge on any atom is -0.464 e. The van der Waals surface area contributed by atoms with Crippen molar-refractivity contribution in [2.75, 3.05) is 7.11 Å². The van der Waals surface area contributed by atoms with Crippen LogP contribution in [0.5, 0.6) is 0 Å². The minimum absolute atomic E-state index is 0.114. The second-order valence-electron chi connectivity index (χ2n) is 5.50. The van der Waals surface area contributed by atoms with E-state index in [9.17, 15) is 4.79 Å². The van der Waals surface area contributed by atoms with E-state index >= 15 is 0 Å². The first-order valence-electron chi connectivity index (χ1n) is 5.86. The highest BCUT2D eigenvalue weighted by Crippen LogP contribution is 2.49. The molecule has 2 N–H and O–H groups in total. The van der Waals surface area contributed by atoms with Crippen LogP contribution in [0.1, 0.15) is 42.7 Å². The standard InChI is InChI=1S/C13H20N2O2/c1-12(2,13(14)5-6-13)9-7-10(11(16)17-4)15(3)8-9/h7-8H,5-6,14H2,1-4H3. The van der Waals surface area contributed by atoms with Crippen molar-refractivity contribution in [3.8, 4) is 0 Å². The number of ether oxygens (including phenoxy) is 1. The second kappa shape index (κ2) is 3.60. The lowest BCUT2D eigenvalue weighted by Gasteiger charge is -2.31. The number of rotatable bonds is 3. The molecule has 1 aliphatic carbocycles. The molecule has 0 aliphatic heterocycles. The van der Waals surface area contributed by atoms with Crippen molar-refractivity contribution >= 4 is 5.97 Å². The van der Waals surface area contributed by atoms with E-state index in [1.807, 2.05) is 19.3 Å². The van der Waals surface area contributed by atoms with Gasteiger partial charge in [-0.2, -0.15) is 0 Å². The molecule has 1 aromatic rings. The van der Waals surface area contributed by atoms with Crippen LogP contribution in [0, 0.1) is 0 Å². The number of nitrogens with two attached hydrogens (primary N) is 1. The van der Waals surface area contributed by atoms with Gasteiger partial charge in [0.2, 0.25) is 0 Å². The monoisotopic (exact) mass is 236 g/mol. The van der Waals surface area contributed by atoms with Gasteiger partial charge < -0.3 is 15.0 Å². The topological polar surface area (TPSA) is 57.2 Å². The number of esters is 1. The van der Waals surface area contributed by atoms with Gasteiger partial charge in [0, 0.05) is 24.2 Å². The van der Waals surface area contributed by atoms with E-state index in [4.69, 9.17) is 10.5 Å². The minimum atomic E-state index is -0.309. The maximum Gasteiger partial charge on any atom is 0.354 e. The van der Waals surface area contributed by atoms with Gasteiger partial charge >= 0.3 is 5.97 Å². The normalized spacial score (nSPS) is 17.9. The molecule has 1 fully saturated rings. The van der Waals surface area contributed by atoms with Gasteiger partial charge in [-0.15, -0.1) is 0 Å². The van der Waals surface area contributed by atoms with Crippen LogP contribution in [0.15, 0.2) is 12.3 Å². The van der Waals surface area contributed by atoms with Gasteiger partial charge in [0.25, 0.3) is 0 Å². The van der Waals surface area contributed by atoms with Crippen molar-refractivity contribution in [3.05, 3.63) is 23.5 Å². The number of hydrogen-bond acceptors (Lipinski definition) is 3. The number of hydrogen-bond donors (Lipinski definition) is 1. The Balaban J connectivity index is 2.38. The van der Waals surface area contributed by atoms with Crippen molar-refractivity contribution in [1.82, 2.24) is 4.57 Å². The molecule has 0 atom stereocenters. The number of methoxy groups -OCH3 is 1. The molecular formula is C13H20N2O2. The first kappa shape index (κ1) is 12.2. The molecule has 0 amide bonds. The summed E-state index contributed by atoms with van der Waals surface area (Å²) in [5.41, 5.74) is 7.73. The van der Waals surface area contributed by atoms with E-state index in [0.29, 0.717) is 5.69 Å². The molecule has 1 aromatic heterocycles. The molecule has 0 saturated heterocycles. The highest BCUT2D eigenvalue weighted by Gasteiger charge is 2.52. The van der Waals surface area contributed by atoms with Crippen LogP contribution in [0.4, 0.5) is 0 Å². The van der Waals surface area contributed by atoms with Gasteiger partial charge in [-0.3, -0.25) is 0 Å². The molecular weight excluding hydrogens is 216 g/mol. The maximum absolute atomic E-state index is 11.6. The van der Waals surface area contributed by atoms with Crippen LogP contribution in [0.2, 0.25) is 0 Å². The number of carbonyl (C=O) groups excluding carboxylic acids is 1. The maximum atomic E-state index is 11.6. The lowest BCUT2D eigenvalue weighted by molar-refractivity contribution is 0.0590. The Bertz CT molecular complexity index is 456. The van der Waals surface area contributed by atoms with Crippen LogP contribution in [0.25, 0.3) is 0 Å². The smallest absolute Gasteiger partial charge is 0.354 e. The number of carbonyl (C=O) groups is 1. The summed E-state index contributed by atoms with van der Waals surface area (Å²) in [7, 11) is 3.24. The third kappa shape index (κ3) is 1.76. The van der Waals surface area contributed by atoms with E-state index < -0.39 is 0 Å². The number of nitrogens with zero attached hydrogens (tertiary/aromatic N) is 1. The summed E-state index contributed by atoms with van der Waals surface area (Å²) in [6.45, 7) is 4.27. The molecule has 0 aromatic carbocycles. The third-order valence-electron chi connectivity index (χ3n) is 4.15. The fraction of sp³-hybridized carbons (Fsp3) is 0.615. The number of aromatic nitrogens is 1. The predicted octanol–water partition coefficient (Wildman–Crippen LogP) is 1.58. The van der Waals surface area contributed by atoms with Crippen LogP contribution < -0.4 is 5.73 Å². The van der Waals surface area contributed by atoms with Crippen LogP contribution in [-0.4, -0.2) is 23.2 Å². The molecule has 17 heavy (non-hydrogen) atoms. The summed E-state index contributed by atoms with van der Waals surface area (Å²) in [5, 5.41) is 0. The molecule has 1 saturated carbocycles. The van der Waals surface area contributed by atoms with Gasteiger partial charge in [0.1, 0.15) is 5.69 Å². The van der Waals surface area contributed by atoms with Crippen molar-refractivity contribution in [3.63, 3.8) is 0 Å². The molecule has 1 aliphatic rings. The summed E-state index contributed by atoms with van der Waals surface area (Å²) >= 11 is 0. The van der Waals surface area contributed by atoms with Gasteiger partial charge in [-0.25, -0.2) is 4.79 Å². The van der Waals surface area contributed by atoms with Gasteiger partial charge in [-0.1, -0.05) is 13.8 Å². The van der Waals surface area contributed by atoms with Crippen molar-refractivity contribution in [2.24, 2.45) is 12.8 Å². The number of aryl methyl sites for hydroxylation is 1. The Kier molecular flexibility index (Phi) is 2.58. The highest BCUT2D eigenvalue weighted by atomic mass is 16.5. The lowest BCUT2D eigenvalue weighted by Crippen LogP contribution is -2.43. The third-order valence-corrected chi connectivity index (χ3v) is 4.15. The van der Waals surface area contributed by atoms with Gasteiger partial charge in [-0.05, 0) is 24.5 Å². The predicted molar refractivity (Wildman–Crippen MR) is 65.9 cm³/mol. The quantitative estimate of drug-likeness (QED) is 0.811. The van der Waals surface area contributed by atoms with Crippen LogP contribution in [0.3, 0.4) is 0 Å². The zero-order valence-corrected chi connectivity index (χ0v) is 10.9. The van der Waals surface area contributed by atoms with Gasteiger partial charge in [0.15, 0.2) is 0 Å². The van der Waals surface area contributed by atoms with Crippen molar-refractivity contribution in [1.29, 1.82) is 0 Å². The largest absolute Gasteiger partial charge is 0.464 e. The van der Waals surface area contributed by atoms with E-state index in [0.717, 1.165) is 18.4 Å². The Hall–Kier alpha value is -1.29. The first-order valence-corrected chi connectivity index (χ1v) is 5.86. The average Bonchev–Trinajstić information content (AvgIpc) is 2.90. The molecule has 2 rings (SSSR count). The molecule has 0 unspecified atom stereocenters. The summed E-state index contributed by atoms with van der Waals surface area (Å²) in [5.74, 6) is -0.309. The Morgan fingerprint density at radius 2 is 2.12 bits per heavy atom. The Labute approximate surface area is 102 Å². The average molecular weight is 236 g/mol. The van der Waals surface area contributed by atoms with Crippen LogP contribution in [-0.2, 0) is 17.2 Å². The molecule has 4 heteroatoms. The fourth-order valence-corrected chi connectivity index (χ4v) is 2.26. The fourth-order valence-electron chi connectivity index (χ4n) is 2.26. The van der Waals surface area contributed by atoms with Gasteiger partial charge in [0.05, 0.1) is 7.11 Å². The molecule has 0 radical (unpaired) electrons. The van der Waals surface area contributed by atoms with Crippen molar-refractivity contribution in [2.45, 2.75) is 37.6 Å². The molecule has 4 nitrogen and oxygen atoms in total. The van der Waals surface area contributed by atoms with E-state index in [1.54, 1.807) is 4.57 Å². The Morgan fingerprint density at radius 3 is 2.59 bits per heavy atom. The molecule has 94 valence electrons. The summed E-state index contributed by atoms with van der Waals surface area (Å²) < 4.78 is 6.55. The van der Waals surface area contributed by atoms with E-state index in [1.165, 1.54) is 7.11 Å². The van der Waals surface area contributed by atoms with E-state index in [-0.39, 0.29) is 16.9 Å². The zero-order chi connectivity index (χ0) is 12.8. The second-order valence-corrected chi connectivity index (χ2v) is 5.50. The first-order chi connectivity index (χ1) is 7.82. The molecule has 0 bridgehead atoms. The highest BCUT2D eigenvalue weighted by molar-refractivity contribution is 5.88. The summed E-state index contributed by atoms with van der Waals surface area (Å²) in [6, 6.07) is 1.89. The van der Waals surface area contributed by atoms with E-state index in [2.05, 4.69) is 13.8 Å². The molecule has 0 spiro atoms. The van der Waals surface area contributed by atoms with Crippen LogP contribution >= 0.6 is 0 Å².